The van der Waals surface area contributed by atoms with Gasteiger partial charge < -0.3 is 15.1 Å². The number of furan rings is 1. The van der Waals surface area contributed by atoms with Crippen molar-refractivity contribution in [2.24, 2.45) is 0 Å². The molecule has 2 aromatic carbocycles. The van der Waals surface area contributed by atoms with Crippen LogP contribution in [0.3, 0.4) is 0 Å². The summed E-state index contributed by atoms with van der Waals surface area (Å²) in [7, 11) is 0. The highest BCUT2D eigenvalue weighted by molar-refractivity contribution is 6.01. The lowest BCUT2D eigenvalue weighted by molar-refractivity contribution is -0.116. The summed E-state index contributed by atoms with van der Waals surface area (Å²) < 4.78 is 5.94. The molecule has 0 fully saturated rings. The van der Waals surface area contributed by atoms with E-state index in [0.29, 0.717) is 6.42 Å². The molecular weight excluding hydrogens is 360 g/mol. The number of fused-ring (bicyclic) bond motifs is 1. The summed E-state index contributed by atoms with van der Waals surface area (Å²) in [6.45, 7) is 4.01. The average molecular weight is 384 g/mol. The van der Waals surface area contributed by atoms with Gasteiger partial charge in [-0.25, -0.2) is 0 Å². The fraction of sp³-hybridized carbons (Fsp3) is 0.240. The van der Waals surface area contributed by atoms with E-state index in [1.54, 1.807) is 0 Å². The fourth-order valence-corrected chi connectivity index (χ4v) is 4.39. The Hall–Kier alpha value is -3.27. The van der Waals surface area contributed by atoms with Crippen LogP contribution in [-0.2, 0) is 4.79 Å². The number of carbonyl (C=O) groups excluding carboxylic acids is 1. The number of benzene rings is 2. The van der Waals surface area contributed by atoms with Crippen LogP contribution < -0.4 is 10.6 Å². The minimum atomic E-state index is -0.290. The highest BCUT2D eigenvalue weighted by atomic mass is 16.3. The van der Waals surface area contributed by atoms with Crippen molar-refractivity contribution in [3.63, 3.8) is 0 Å². The molecule has 0 saturated heterocycles. The van der Waals surface area contributed by atoms with Crippen molar-refractivity contribution < 1.29 is 9.21 Å². The minimum absolute atomic E-state index is 0.170. The van der Waals surface area contributed by atoms with Gasteiger partial charge in [0.2, 0.25) is 0 Å². The maximum Gasteiger partial charge on any atom is 0.163 e. The molecule has 4 nitrogen and oxygen atoms in total. The Morgan fingerprint density at radius 2 is 1.66 bits per heavy atom. The summed E-state index contributed by atoms with van der Waals surface area (Å²) >= 11 is 0. The number of aryl methyl sites for hydroxylation is 2. The lowest BCUT2D eigenvalue weighted by atomic mass is 9.79. The number of Topliss-reactive ketones (excluding diaryl/α,β-unsaturated/α-hetero) is 1. The highest BCUT2D eigenvalue weighted by Crippen LogP contribution is 2.44. The second kappa shape index (κ2) is 6.96. The van der Waals surface area contributed by atoms with E-state index in [-0.39, 0.29) is 17.7 Å². The summed E-state index contributed by atoms with van der Waals surface area (Å²) in [6.07, 6.45) is 1.31. The molecule has 0 saturated carbocycles. The number of carbonyl (C=O) groups is 1. The van der Waals surface area contributed by atoms with Crippen molar-refractivity contribution >= 4 is 17.2 Å². The average Bonchev–Trinajstić information content (AvgIpc) is 3.06. The van der Waals surface area contributed by atoms with E-state index in [0.717, 1.165) is 40.6 Å². The number of rotatable bonds is 2. The summed E-state index contributed by atoms with van der Waals surface area (Å²) in [5.41, 5.74) is 6.19. The summed E-state index contributed by atoms with van der Waals surface area (Å²) in [5, 5.41) is 7.11. The first kappa shape index (κ1) is 17.8. The van der Waals surface area contributed by atoms with Crippen LogP contribution in [0, 0.1) is 13.8 Å². The first-order valence-corrected chi connectivity index (χ1v) is 10.1. The second-order valence-electron chi connectivity index (χ2n) is 8.03. The smallest absolute Gasteiger partial charge is 0.163 e. The van der Waals surface area contributed by atoms with Gasteiger partial charge in [0.15, 0.2) is 5.78 Å². The molecule has 0 bridgehead atoms. The van der Waals surface area contributed by atoms with Gasteiger partial charge in [0.05, 0.1) is 11.4 Å². The third-order valence-electron chi connectivity index (χ3n) is 5.90. The molecule has 4 heteroatoms. The van der Waals surface area contributed by atoms with Crippen molar-refractivity contribution in [1.29, 1.82) is 0 Å². The fourth-order valence-electron chi connectivity index (χ4n) is 4.39. The number of para-hydroxylation sites is 2. The topological polar surface area (TPSA) is 54.3 Å². The van der Waals surface area contributed by atoms with Crippen LogP contribution in [0.5, 0.6) is 0 Å². The lowest BCUT2D eigenvalue weighted by Gasteiger charge is -2.29. The molecule has 29 heavy (non-hydrogen) atoms. The van der Waals surface area contributed by atoms with Crippen LogP contribution in [0.1, 0.15) is 47.4 Å². The van der Waals surface area contributed by atoms with Gasteiger partial charge in [-0.15, -0.1) is 0 Å². The van der Waals surface area contributed by atoms with Gasteiger partial charge in [0.1, 0.15) is 17.6 Å². The van der Waals surface area contributed by atoms with Crippen LogP contribution in [0.4, 0.5) is 11.4 Å². The maximum atomic E-state index is 13.4. The number of allylic oxidation sites excluding steroid dienone is 1. The van der Waals surface area contributed by atoms with Crippen LogP contribution in [-0.4, -0.2) is 5.78 Å². The molecule has 2 unspecified atom stereocenters. The predicted molar refractivity (Wildman–Crippen MR) is 115 cm³/mol. The van der Waals surface area contributed by atoms with E-state index in [2.05, 4.69) is 41.8 Å². The third-order valence-corrected chi connectivity index (χ3v) is 5.90. The van der Waals surface area contributed by atoms with E-state index in [1.165, 1.54) is 11.1 Å². The monoisotopic (exact) mass is 384 g/mol. The molecule has 0 radical (unpaired) electrons. The molecular formula is C25H24N2O2. The van der Waals surface area contributed by atoms with Crippen LogP contribution in [0.25, 0.3) is 0 Å². The molecule has 2 heterocycles. The zero-order chi connectivity index (χ0) is 20.0. The molecule has 2 N–H and O–H groups in total. The molecule has 1 aliphatic heterocycles. The summed E-state index contributed by atoms with van der Waals surface area (Å²) in [5.74, 6) is 1.97. The number of hydrogen-bond acceptors (Lipinski definition) is 4. The first-order chi connectivity index (χ1) is 14.1. The van der Waals surface area contributed by atoms with Gasteiger partial charge >= 0.3 is 0 Å². The van der Waals surface area contributed by atoms with Crippen LogP contribution in [0.15, 0.2) is 76.4 Å². The predicted octanol–water partition coefficient (Wildman–Crippen LogP) is 5.88. The number of ketones is 1. The van der Waals surface area contributed by atoms with Crippen molar-refractivity contribution in [2.75, 3.05) is 10.6 Å². The van der Waals surface area contributed by atoms with Crippen molar-refractivity contribution in [2.45, 2.75) is 38.6 Å². The first-order valence-electron chi connectivity index (χ1n) is 10.1. The second-order valence-corrected chi connectivity index (χ2v) is 8.03. The van der Waals surface area contributed by atoms with Crippen molar-refractivity contribution in [1.82, 2.24) is 0 Å². The summed E-state index contributed by atoms with van der Waals surface area (Å²) in [6, 6.07) is 20.2. The molecule has 1 aromatic heterocycles. The van der Waals surface area contributed by atoms with E-state index in [9.17, 15) is 4.79 Å². The molecule has 1 aliphatic carbocycles. The molecule has 146 valence electrons. The van der Waals surface area contributed by atoms with E-state index < -0.39 is 0 Å². The van der Waals surface area contributed by atoms with Gasteiger partial charge in [0, 0.05) is 17.7 Å². The highest BCUT2D eigenvalue weighted by Gasteiger charge is 2.37. The number of anilines is 2. The Balaban J connectivity index is 1.60. The van der Waals surface area contributed by atoms with Gasteiger partial charge in [-0.05, 0) is 56.0 Å². The summed E-state index contributed by atoms with van der Waals surface area (Å²) in [4.78, 5) is 13.4. The van der Waals surface area contributed by atoms with Gasteiger partial charge in [-0.2, -0.15) is 0 Å². The van der Waals surface area contributed by atoms with Gasteiger partial charge in [-0.3, -0.25) is 4.79 Å². The van der Waals surface area contributed by atoms with E-state index >= 15 is 0 Å². The molecule has 0 amide bonds. The van der Waals surface area contributed by atoms with Gasteiger partial charge in [0.25, 0.3) is 0 Å². The third kappa shape index (κ3) is 3.25. The molecule has 5 rings (SSSR count). The Morgan fingerprint density at radius 3 is 2.38 bits per heavy atom. The Morgan fingerprint density at radius 1 is 0.897 bits per heavy atom. The standard InChI is InChI=1S/C25H24N2O2/c1-15-7-10-17(11-8-15)18-13-21-24(22(28)14-18)25(23-12-9-16(2)29-23)27-20-6-4-3-5-19(20)26-21/h3-12,18,25-27H,13-14H2,1-2H3. The Kier molecular flexibility index (Phi) is 4.27. The van der Waals surface area contributed by atoms with Gasteiger partial charge in [-0.1, -0.05) is 42.0 Å². The lowest BCUT2D eigenvalue weighted by Crippen LogP contribution is -2.26. The van der Waals surface area contributed by atoms with E-state index in [1.807, 2.05) is 43.3 Å². The van der Waals surface area contributed by atoms with Crippen LogP contribution in [0.2, 0.25) is 0 Å². The largest absolute Gasteiger partial charge is 0.464 e. The Labute approximate surface area is 170 Å². The number of hydrogen-bond donors (Lipinski definition) is 2. The molecule has 2 aliphatic rings. The van der Waals surface area contributed by atoms with Crippen molar-refractivity contribution in [3.05, 3.63) is 94.6 Å². The zero-order valence-electron chi connectivity index (χ0n) is 16.7. The maximum absolute atomic E-state index is 13.4. The SMILES string of the molecule is Cc1ccc(C2CC(=O)C3=C(C2)Nc2ccccc2NC3c2ccc(C)o2)cc1. The zero-order valence-corrected chi connectivity index (χ0v) is 16.7. The molecule has 3 aromatic rings. The minimum Gasteiger partial charge on any atom is -0.464 e. The number of nitrogens with one attached hydrogen (secondary N) is 2. The molecule has 0 spiro atoms. The normalized spacial score (nSPS) is 21.0. The quantitative estimate of drug-likeness (QED) is 0.580. The van der Waals surface area contributed by atoms with E-state index in [4.69, 9.17) is 4.42 Å². The Bertz CT molecular complexity index is 1110. The van der Waals surface area contributed by atoms with Crippen molar-refractivity contribution in [3.8, 4) is 0 Å². The molecule has 2 atom stereocenters. The van der Waals surface area contributed by atoms with Crippen LogP contribution >= 0.6 is 0 Å².